The number of hydrogen-bond acceptors (Lipinski definition) is 2. The fourth-order valence-electron chi connectivity index (χ4n) is 1.12. The molecule has 0 aromatic rings. The lowest BCUT2D eigenvalue weighted by atomic mass is 10.0. The molecular formula is C10H19NO. The van der Waals surface area contributed by atoms with Crippen molar-refractivity contribution in [2.75, 3.05) is 19.7 Å². The summed E-state index contributed by atoms with van der Waals surface area (Å²) in [6, 6.07) is 0. The molecule has 0 saturated heterocycles. The van der Waals surface area contributed by atoms with E-state index in [1.165, 1.54) is 0 Å². The van der Waals surface area contributed by atoms with Gasteiger partial charge in [-0.05, 0) is 25.3 Å². The SMILES string of the molecule is C=CCC(CC=C)CNCCO. The van der Waals surface area contributed by atoms with Crippen molar-refractivity contribution < 1.29 is 5.11 Å². The maximum Gasteiger partial charge on any atom is 0.0555 e. The maximum atomic E-state index is 8.54. The molecule has 0 heterocycles. The van der Waals surface area contributed by atoms with Crippen LogP contribution in [0.15, 0.2) is 25.3 Å². The monoisotopic (exact) mass is 169 g/mol. The summed E-state index contributed by atoms with van der Waals surface area (Å²) >= 11 is 0. The lowest BCUT2D eigenvalue weighted by Gasteiger charge is -2.12. The molecule has 2 N–H and O–H groups in total. The molecular weight excluding hydrogens is 150 g/mol. The van der Waals surface area contributed by atoms with Crippen molar-refractivity contribution in [3.8, 4) is 0 Å². The Labute approximate surface area is 75.0 Å². The van der Waals surface area contributed by atoms with E-state index in [4.69, 9.17) is 5.11 Å². The molecule has 2 nitrogen and oxygen atoms in total. The average Bonchev–Trinajstić information content (AvgIpc) is 2.06. The number of aliphatic hydroxyl groups excluding tert-OH is 1. The highest BCUT2D eigenvalue weighted by Gasteiger charge is 2.02. The third-order valence-electron chi connectivity index (χ3n) is 1.72. The van der Waals surface area contributed by atoms with Crippen LogP contribution in [-0.2, 0) is 0 Å². The number of rotatable bonds is 8. The van der Waals surface area contributed by atoms with Crippen molar-refractivity contribution in [2.24, 2.45) is 5.92 Å². The summed E-state index contributed by atoms with van der Waals surface area (Å²) in [5, 5.41) is 11.7. The molecule has 2 heteroatoms. The highest BCUT2D eigenvalue weighted by atomic mass is 16.3. The van der Waals surface area contributed by atoms with Gasteiger partial charge in [-0.3, -0.25) is 0 Å². The quantitative estimate of drug-likeness (QED) is 0.424. The van der Waals surface area contributed by atoms with Gasteiger partial charge in [-0.15, -0.1) is 13.2 Å². The fraction of sp³-hybridized carbons (Fsp3) is 0.600. The Morgan fingerprint density at radius 1 is 1.25 bits per heavy atom. The number of aliphatic hydroxyl groups is 1. The van der Waals surface area contributed by atoms with E-state index in [9.17, 15) is 0 Å². The molecule has 0 aliphatic heterocycles. The highest BCUT2D eigenvalue weighted by molar-refractivity contribution is 4.80. The normalized spacial score (nSPS) is 10.2. The van der Waals surface area contributed by atoms with Gasteiger partial charge in [0.2, 0.25) is 0 Å². The third kappa shape index (κ3) is 6.13. The van der Waals surface area contributed by atoms with Gasteiger partial charge in [-0.1, -0.05) is 12.2 Å². The average molecular weight is 169 g/mol. The Morgan fingerprint density at radius 2 is 1.83 bits per heavy atom. The van der Waals surface area contributed by atoms with Gasteiger partial charge < -0.3 is 10.4 Å². The Bertz CT molecular complexity index is 113. The zero-order chi connectivity index (χ0) is 9.23. The van der Waals surface area contributed by atoms with Crippen LogP contribution in [0.3, 0.4) is 0 Å². The summed E-state index contributed by atoms with van der Waals surface area (Å²) in [4.78, 5) is 0. The fourth-order valence-corrected chi connectivity index (χ4v) is 1.12. The van der Waals surface area contributed by atoms with E-state index >= 15 is 0 Å². The second-order valence-corrected chi connectivity index (χ2v) is 2.84. The van der Waals surface area contributed by atoms with Crippen molar-refractivity contribution >= 4 is 0 Å². The first-order valence-corrected chi connectivity index (χ1v) is 4.38. The van der Waals surface area contributed by atoms with Crippen molar-refractivity contribution in [3.05, 3.63) is 25.3 Å². The first kappa shape index (κ1) is 11.4. The Morgan fingerprint density at radius 3 is 2.25 bits per heavy atom. The minimum absolute atomic E-state index is 0.203. The molecule has 0 radical (unpaired) electrons. The molecule has 0 unspecified atom stereocenters. The summed E-state index contributed by atoms with van der Waals surface area (Å²) in [5.74, 6) is 0.576. The molecule has 0 amide bonds. The molecule has 0 aromatic carbocycles. The first-order valence-electron chi connectivity index (χ1n) is 4.38. The Hall–Kier alpha value is -0.600. The molecule has 0 atom stereocenters. The van der Waals surface area contributed by atoms with E-state index in [-0.39, 0.29) is 6.61 Å². The summed E-state index contributed by atoms with van der Waals surface area (Å²) in [6.45, 7) is 9.20. The minimum atomic E-state index is 0.203. The zero-order valence-corrected chi connectivity index (χ0v) is 7.63. The van der Waals surface area contributed by atoms with Crippen LogP contribution in [0.2, 0.25) is 0 Å². The van der Waals surface area contributed by atoms with Gasteiger partial charge in [0.1, 0.15) is 0 Å². The van der Waals surface area contributed by atoms with E-state index in [0.29, 0.717) is 12.5 Å². The second kappa shape index (κ2) is 8.50. The van der Waals surface area contributed by atoms with Crippen molar-refractivity contribution in [2.45, 2.75) is 12.8 Å². The largest absolute Gasteiger partial charge is 0.395 e. The Kier molecular flexibility index (Phi) is 8.07. The zero-order valence-electron chi connectivity index (χ0n) is 7.63. The van der Waals surface area contributed by atoms with Crippen LogP contribution in [0.4, 0.5) is 0 Å². The van der Waals surface area contributed by atoms with Gasteiger partial charge in [-0.25, -0.2) is 0 Å². The van der Waals surface area contributed by atoms with Gasteiger partial charge in [0.25, 0.3) is 0 Å². The van der Waals surface area contributed by atoms with Crippen molar-refractivity contribution in [1.29, 1.82) is 0 Å². The van der Waals surface area contributed by atoms with Crippen LogP contribution >= 0.6 is 0 Å². The van der Waals surface area contributed by atoms with E-state index in [0.717, 1.165) is 19.4 Å². The molecule has 0 spiro atoms. The molecule has 0 fully saturated rings. The molecule has 0 aliphatic rings. The number of nitrogens with one attached hydrogen (secondary N) is 1. The molecule has 70 valence electrons. The van der Waals surface area contributed by atoms with Crippen LogP contribution < -0.4 is 5.32 Å². The van der Waals surface area contributed by atoms with E-state index in [1.807, 2.05) is 12.2 Å². The van der Waals surface area contributed by atoms with Crippen LogP contribution in [0, 0.1) is 5.92 Å². The summed E-state index contributed by atoms with van der Waals surface area (Å²) in [7, 11) is 0. The van der Waals surface area contributed by atoms with Gasteiger partial charge >= 0.3 is 0 Å². The highest BCUT2D eigenvalue weighted by Crippen LogP contribution is 2.07. The van der Waals surface area contributed by atoms with E-state index in [1.54, 1.807) is 0 Å². The lowest BCUT2D eigenvalue weighted by Crippen LogP contribution is -2.25. The van der Waals surface area contributed by atoms with E-state index < -0.39 is 0 Å². The predicted molar refractivity (Wildman–Crippen MR) is 53.1 cm³/mol. The van der Waals surface area contributed by atoms with Gasteiger partial charge in [0, 0.05) is 6.54 Å². The summed E-state index contributed by atoms with van der Waals surface area (Å²) in [6.07, 6.45) is 5.86. The second-order valence-electron chi connectivity index (χ2n) is 2.84. The third-order valence-corrected chi connectivity index (χ3v) is 1.72. The standard InChI is InChI=1S/C10H19NO/c1-3-5-10(6-4-2)9-11-7-8-12/h3-4,10-12H,1-2,5-9H2. The van der Waals surface area contributed by atoms with Crippen LogP contribution in [0.5, 0.6) is 0 Å². The minimum Gasteiger partial charge on any atom is -0.395 e. The molecule has 12 heavy (non-hydrogen) atoms. The molecule has 0 aromatic heterocycles. The van der Waals surface area contributed by atoms with Crippen molar-refractivity contribution in [3.63, 3.8) is 0 Å². The lowest BCUT2D eigenvalue weighted by molar-refractivity contribution is 0.288. The summed E-state index contributed by atoms with van der Waals surface area (Å²) < 4.78 is 0. The van der Waals surface area contributed by atoms with Crippen molar-refractivity contribution in [1.82, 2.24) is 5.32 Å². The van der Waals surface area contributed by atoms with Crippen LogP contribution in [0.1, 0.15) is 12.8 Å². The molecule has 0 bridgehead atoms. The smallest absolute Gasteiger partial charge is 0.0555 e. The summed E-state index contributed by atoms with van der Waals surface area (Å²) in [5.41, 5.74) is 0. The van der Waals surface area contributed by atoms with Gasteiger partial charge in [0.15, 0.2) is 0 Å². The number of allylic oxidation sites excluding steroid dienone is 2. The first-order chi connectivity index (χ1) is 5.85. The predicted octanol–water partition coefficient (Wildman–Crippen LogP) is 1.34. The topological polar surface area (TPSA) is 32.3 Å². The van der Waals surface area contributed by atoms with Gasteiger partial charge in [0.05, 0.1) is 6.61 Å². The molecule has 0 aliphatic carbocycles. The van der Waals surface area contributed by atoms with Gasteiger partial charge in [-0.2, -0.15) is 0 Å². The number of hydrogen-bond donors (Lipinski definition) is 2. The van der Waals surface area contributed by atoms with Crippen LogP contribution in [0.25, 0.3) is 0 Å². The molecule has 0 saturated carbocycles. The van der Waals surface area contributed by atoms with E-state index in [2.05, 4.69) is 18.5 Å². The Balaban J connectivity index is 3.47. The molecule has 0 rings (SSSR count). The maximum absolute atomic E-state index is 8.54. The van der Waals surface area contributed by atoms with Crippen LogP contribution in [-0.4, -0.2) is 24.8 Å².